The van der Waals surface area contributed by atoms with Crippen LogP contribution < -0.4 is 0 Å². The first-order chi connectivity index (χ1) is 6.74. The topological polar surface area (TPSA) is 82.7 Å². The average molecular weight is 190 g/mol. The van der Waals surface area contributed by atoms with Crippen LogP contribution in [-0.4, -0.2) is 17.0 Å². The first-order valence-corrected chi connectivity index (χ1v) is 3.67. The third kappa shape index (κ3) is 2.60. The molecule has 0 aliphatic heterocycles. The van der Waals surface area contributed by atoms with E-state index in [1.165, 1.54) is 0 Å². The fourth-order valence-electron chi connectivity index (χ4n) is 0.818. The van der Waals surface area contributed by atoms with Crippen molar-refractivity contribution in [2.24, 2.45) is 5.16 Å². The van der Waals surface area contributed by atoms with Crippen LogP contribution in [0.4, 0.5) is 4.79 Å². The first kappa shape index (κ1) is 9.74. The molecule has 5 heteroatoms. The molecule has 0 saturated heterocycles. The summed E-state index contributed by atoms with van der Waals surface area (Å²) < 4.78 is 0. The van der Waals surface area contributed by atoms with E-state index in [2.05, 4.69) is 9.99 Å². The summed E-state index contributed by atoms with van der Waals surface area (Å²) in [5.74, 6) is 0. The Labute approximate surface area is 79.8 Å². The third-order valence-electron chi connectivity index (χ3n) is 1.37. The fraction of sp³-hybridized carbons (Fsp3) is 0. The van der Waals surface area contributed by atoms with E-state index in [-0.39, 0.29) is 5.71 Å². The van der Waals surface area contributed by atoms with E-state index in [0.29, 0.717) is 5.56 Å². The van der Waals surface area contributed by atoms with Crippen molar-refractivity contribution < 1.29 is 14.7 Å². The van der Waals surface area contributed by atoms with Gasteiger partial charge in [-0.2, -0.15) is 5.26 Å². The Morgan fingerprint density at radius 1 is 1.43 bits per heavy atom. The van der Waals surface area contributed by atoms with Crippen molar-refractivity contribution in [1.29, 1.82) is 5.26 Å². The lowest BCUT2D eigenvalue weighted by Gasteiger charge is -1.95. The Balaban J connectivity index is 2.89. The highest BCUT2D eigenvalue weighted by Crippen LogP contribution is 2.00. The molecule has 0 aliphatic carbocycles. The largest absolute Gasteiger partial charge is 0.532 e. The van der Waals surface area contributed by atoms with Gasteiger partial charge in [-0.15, -0.1) is 0 Å². The molecule has 5 nitrogen and oxygen atoms in total. The molecule has 0 heterocycles. The minimum absolute atomic E-state index is 0.0759. The molecular weight excluding hydrogens is 184 g/mol. The Hall–Kier alpha value is -2.35. The maximum absolute atomic E-state index is 10.0. The molecule has 0 aromatic heterocycles. The van der Waals surface area contributed by atoms with E-state index in [9.17, 15) is 4.79 Å². The van der Waals surface area contributed by atoms with Gasteiger partial charge in [0.15, 0.2) is 5.71 Å². The minimum atomic E-state index is -1.55. The van der Waals surface area contributed by atoms with Crippen LogP contribution >= 0.6 is 0 Å². The molecule has 0 bridgehead atoms. The van der Waals surface area contributed by atoms with E-state index in [4.69, 9.17) is 10.4 Å². The maximum atomic E-state index is 10.0. The number of carboxylic acid groups (broad SMARTS) is 1. The zero-order chi connectivity index (χ0) is 10.4. The zero-order valence-corrected chi connectivity index (χ0v) is 7.04. The zero-order valence-electron chi connectivity index (χ0n) is 7.04. The van der Waals surface area contributed by atoms with Crippen LogP contribution in [0.2, 0.25) is 0 Å². The molecule has 1 rings (SSSR count). The maximum Gasteiger partial charge on any atom is 0.532 e. The quantitative estimate of drug-likeness (QED) is 0.436. The van der Waals surface area contributed by atoms with E-state index in [0.717, 1.165) is 0 Å². The van der Waals surface area contributed by atoms with E-state index in [1.54, 1.807) is 36.4 Å². The predicted octanol–water partition coefficient (Wildman–Crippen LogP) is 1.61. The summed E-state index contributed by atoms with van der Waals surface area (Å²) in [6.07, 6.45) is -1.55. The van der Waals surface area contributed by atoms with Gasteiger partial charge in [0.05, 0.1) is 0 Å². The second-order valence-corrected chi connectivity index (χ2v) is 2.27. The molecule has 0 spiro atoms. The number of nitrogens with zero attached hydrogens (tertiary/aromatic N) is 2. The third-order valence-corrected chi connectivity index (χ3v) is 1.37. The molecule has 1 aromatic rings. The summed E-state index contributed by atoms with van der Waals surface area (Å²) in [5.41, 5.74) is 0.434. The number of benzene rings is 1. The number of rotatable bonds is 2. The number of nitriles is 1. The van der Waals surface area contributed by atoms with Gasteiger partial charge in [0.2, 0.25) is 0 Å². The van der Waals surface area contributed by atoms with Gasteiger partial charge < -0.3 is 5.11 Å². The predicted molar refractivity (Wildman–Crippen MR) is 47.7 cm³/mol. The van der Waals surface area contributed by atoms with Crippen LogP contribution in [0.15, 0.2) is 35.5 Å². The average Bonchev–Trinajstić information content (AvgIpc) is 2.20. The van der Waals surface area contributed by atoms with E-state index in [1.807, 2.05) is 0 Å². The summed E-state index contributed by atoms with van der Waals surface area (Å²) in [6.45, 7) is 0. The molecule has 70 valence electrons. The van der Waals surface area contributed by atoms with Crippen molar-refractivity contribution in [3.05, 3.63) is 35.9 Å². The summed E-state index contributed by atoms with van der Waals surface area (Å²) in [4.78, 5) is 13.9. The second-order valence-electron chi connectivity index (χ2n) is 2.27. The Kier molecular flexibility index (Phi) is 3.21. The van der Waals surface area contributed by atoms with Gasteiger partial charge in [0, 0.05) is 5.56 Å². The lowest BCUT2D eigenvalue weighted by molar-refractivity contribution is 0.0950. The molecule has 0 saturated carbocycles. The highest BCUT2D eigenvalue weighted by atomic mass is 16.7. The van der Waals surface area contributed by atoms with Crippen molar-refractivity contribution in [1.82, 2.24) is 0 Å². The van der Waals surface area contributed by atoms with Crippen molar-refractivity contribution in [2.45, 2.75) is 0 Å². The second kappa shape index (κ2) is 4.62. The van der Waals surface area contributed by atoms with E-state index >= 15 is 0 Å². The minimum Gasteiger partial charge on any atom is -0.448 e. The number of hydrogen-bond acceptors (Lipinski definition) is 4. The number of hydrogen-bond donors (Lipinski definition) is 1. The van der Waals surface area contributed by atoms with Crippen molar-refractivity contribution in [2.75, 3.05) is 0 Å². The highest BCUT2D eigenvalue weighted by Gasteiger charge is 2.03. The van der Waals surface area contributed by atoms with Crippen LogP contribution in [0.1, 0.15) is 5.56 Å². The van der Waals surface area contributed by atoms with Crippen molar-refractivity contribution >= 4 is 11.9 Å². The molecule has 0 fully saturated rings. The molecule has 0 atom stereocenters. The Morgan fingerprint density at radius 3 is 2.57 bits per heavy atom. The van der Waals surface area contributed by atoms with Crippen LogP contribution in [0, 0.1) is 11.3 Å². The summed E-state index contributed by atoms with van der Waals surface area (Å²) >= 11 is 0. The van der Waals surface area contributed by atoms with Gasteiger partial charge in [-0.25, -0.2) is 4.79 Å². The van der Waals surface area contributed by atoms with Gasteiger partial charge in [-0.05, 0) is 0 Å². The smallest absolute Gasteiger partial charge is 0.448 e. The van der Waals surface area contributed by atoms with Crippen molar-refractivity contribution in [3.8, 4) is 6.07 Å². The molecule has 14 heavy (non-hydrogen) atoms. The van der Waals surface area contributed by atoms with Gasteiger partial charge in [0.1, 0.15) is 6.07 Å². The SMILES string of the molecule is N#C/C(=N/OC(=O)O)c1ccccc1. The molecule has 0 amide bonds. The molecule has 0 aliphatic rings. The molecule has 0 unspecified atom stereocenters. The monoisotopic (exact) mass is 190 g/mol. The van der Waals surface area contributed by atoms with Gasteiger partial charge in [0.25, 0.3) is 0 Å². The van der Waals surface area contributed by atoms with Crippen LogP contribution in [0.5, 0.6) is 0 Å². The molecule has 1 aromatic carbocycles. The van der Waals surface area contributed by atoms with Gasteiger partial charge in [-0.1, -0.05) is 35.5 Å². The summed E-state index contributed by atoms with van der Waals surface area (Å²) in [7, 11) is 0. The highest BCUT2D eigenvalue weighted by molar-refractivity contribution is 6.11. The Bertz CT molecular complexity index is 392. The number of carbonyl (C=O) groups is 1. The van der Waals surface area contributed by atoms with Gasteiger partial charge in [-0.3, -0.25) is 4.84 Å². The normalized spacial score (nSPS) is 10.4. The van der Waals surface area contributed by atoms with Crippen LogP contribution in [0.3, 0.4) is 0 Å². The standard InChI is InChI=1S/C9H6N2O3/c10-6-8(11-14-9(12)13)7-4-2-1-3-5-7/h1-5H,(H,12,13)/b11-8-. The molecular formula is C9H6N2O3. The lowest BCUT2D eigenvalue weighted by atomic mass is 10.1. The van der Waals surface area contributed by atoms with E-state index < -0.39 is 6.16 Å². The van der Waals surface area contributed by atoms with Crippen LogP contribution in [0.25, 0.3) is 0 Å². The number of oxime groups is 1. The van der Waals surface area contributed by atoms with Crippen molar-refractivity contribution in [3.63, 3.8) is 0 Å². The fourth-order valence-corrected chi connectivity index (χ4v) is 0.818. The first-order valence-electron chi connectivity index (χ1n) is 3.67. The van der Waals surface area contributed by atoms with Gasteiger partial charge >= 0.3 is 6.16 Å². The Morgan fingerprint density at radius 2 is 2.07 bits per heavy atom. The summed E-state index contributed by atoms with van der Waals surface area (Å²) in [5, 5.41) is 20.0. The lowest BCUT2D eigenvalue weighted by Crippen LogP contribution is -2.01. The molecule has 0 radical (unpaired) electrons. The van der Waals surface area contributed by atoms with Crippen LogP contribution in [-0.2, 0) is 4.84 Å². The molecule has 1 N–H and O–H groups in total. The summed E-state index contributed by atoms with van der Waals surface area (Å²) in [6, 6.07) is 10.2.